The monoisotopic (exact) mass is 181 g/mol. The molecule has 13 heavy (non-hydrogen) atoms. The Morgan fingerprint density at radius 3 is 2.69 bits per heavy atom. The molecular formula is C10H15NO2. The molecule has 0 bridgehead atoms. The van der Waals surface area contributed by atoms with Gasteiger partial charge in [0.1, 0.15) is 11.9 Å². The molecule has 0 saturated carbocycles. The summed E-state index contributed by atoms with van der Waals surface area (Å²) in [7, 11) is 0. The molecule has 1 unspecified atom stereocenters. The molecule has 0 aliphatic rings. The number of hydrogen-bond donors (Lipinski definition) is 1. The van der Waals surface area contributed by atoms with E-state index in [1.165, 1.54) is 0 Å². The Balaban J connectivity index is 2.90. The second kappa shape index (κ2) is 4.84. The van der Waals surface area contributed by atoms with Crippen LogP contribution in [0.1, 0.15) is 25.5 Å². The molecule has 2 N–H and O–H groups in total. The molecule has 0 amide bonds. The van der Waals surface area contributed by atoms with Crippen LogP contribution in [0.3, 0.4) is 0 Å². The summed E-state index contributed by atoms with van der Waals surface area (Å²) in [5.74, 6) is 5.95. The van der Waals surface area contributed by atoms with Gasteiger partial charge in [-0.05, 0) is 19.9 Å². The van der Waals surface area contributed by atoms with E-state index in [4.69, 9.17) is 15.5 Å². The Bertz CT molecular complexity index is 263. The molecule has 1 aromatic carbocycles. The van der Waals surface area contributed by atoms with Crippen molar-refractivity contribution < 1.29 is 9.57 Å². The minimum absolute atomic E-state index is 0.136. The van der Waals surface area contributed by atoms with Gasteiger partial charge in [-0.3, -0.25) is 4.84 Å². The lowest BCUT2D eigenvalue weighted by Crippen LogP contribution is -2.07. The highest BCUT2D eigenvalue weighted by Crippen LogP contribution is 2.25. The minimum atomic E-state index is -0.136. The quantitative estimate of drug-likeness (QED) is 0.723. The fourth-order valence-electron chi connectivity index (χ4n) is 1.18. The van der Waals surface area contributed by atoms with Gasteiger partial charge in [0.15, 0.2) is 0 Å². The zero-order chi connectivity index (χ0) is 9.68. The summed E-state index contributed by atoms with van der Waals surface area (Å²) in [6.45, 7) is 4.48. The summed E-state index contributed by atoms with van der Waals surface area (Å²) in [5.41, 5.74) is 0.979. The van der Waals surface area contributed by atoms with Crippen molar-refractivity contribution in [2.75, 3.05) is 6.61 Å². The molecule has 0 aliphatic heterocycles. The first-order valence-corrected chi connectivity index (χ1v) is 4.36. The van der Waals surface area contributed by atoms with Crippen LogP contribution in [0.25, 0.3) is 0 Å². The molecule has 0 aliphatic carbocycles. The molecule has 1 rings (SSSR count). The summed E-state index contributed by atoms with van der Waals surface area (Å²) < 4.78 is 5.42. The van der Waals surface area contributed by atoms with Crippen molar-refractivity contribution in [1.82, 2.24) is 0 Å². The molecule has 3 nitrogen and oxygen atoms in total. The molecule has 72 valence electrons. The van der Waals surface area contributed by atoms with Crippen LogP contribution in [-0.4, -0.2) is 6.61 Å². The molecule has 0 saturated heterocycles. The van der Waals surface area contributed by atoms with Crippen LogP contribution < -0.4 is 10.6 Å². The molecule has 1 aromatic rings. The highest BCUT2D eigenvalue weighted by molar-refractivity contribution is 5.34. The summed E-state index contributed by atoms with van der Waals surface area (Å²) in [6.07, 6.45) is -0.136. The Morgan fingerprint density at radius 2 is 2.08 bits per heavy atom. The molecule has 0 spiro atoms. The third-order valence-electron chi connectivity index (χ3n) is 1.86. The standard InChI is InChI=1S/C10H15NO2/c1-3-12-10-7-5-4-6-9(10)8(2)13-11/h4-8H,3,11H2,1-2H3. The number of rotatable bonds is 4. The van der Waals surface area contributed by atoms with Gasteiger partial charge in [-0.25, -0.2) is 5.90 Å². The lowest BCUT2D eigenvalue weighted by Gasteiger charge is -2.13. The van der Waals surface area contributed by atoms with E-state index in [0.29, 0.717) is 6.61 Å². The van der Waals surface area contributed by atoms with Crippen molar-refractivity contribution in [3.05, 3.63) is 29.8 Å². The van der Waals surface area contributed by atoms with Gasteiger partial charge >= 0.3 is 0 Å². The fourth-order valence-corrected chi connectivity index (χ4v) is 1.18. The Hall–Kier alpha value is -1.06. The molecule has 3 heteroatoms. The lowest BCUT2D eigenvalue weighted by atomic mass is 10.1. The summed E-state index contributed by atoms with van der Waals surface area (Å²) in [4.78, 5) is 4.74. The van der Waals surface area contributed by atoms with Gasteiger partial charge in [0.25, 0.3) is 0 Å². The van der Waals surface area contributed by atoms with E-state index < -0.39 is 0 Å². The van der Waals surface area contributed by atoms with Gasteiger partial charge in [0, 0.05) is 5.56 Å². The molecule has 0 aromatic heterocycles. The fraction of sp³-hybridized carbons (Fsp3) is 0.400. The van der Waals surface area contributed by atoms with Crippen LogP contribution >= 0.6 is 0 Å². The summed E-state index contributed by atoms with van der Waals surface area (Å²) in [6, 6.07) is 7.72. The third kappa shape index (κ3) is 2.44. The summed E-state index contributed by atoms with van der Waals surface area (Å²) in [5, 5.41) is 0. The lowest BCUT2D eigenvalue weighted by molar-refractivity contribution is 0.0642. The van der Waals surface area contributed by atoms with Gasteiger partial charge < -0.3 is 4.74 Å². The van der Waals surface area contributed by atoms with E-state index in [1.54, 1.807) is 0 Å². The predicted octanol–water partition coefficient (Wildman–Crippen LogP) is 2.04. The van der Waals surface area contributed by atoms with Crippen LogP contribution in [0.5, 0.6) is 5.75 Å². The second-order valence-electron chi connectivity index (χ2n) is 2.75. The Labute approximate surface area is 78.4 Å². The van der Waals surface area contributed by atoms with Crippen molar-refractivity contribution in [1.29, 1.82) is 0 Å². The average Bonchev–Trinajstić information content (AvgIpc) is 2.18. The number of para-hydroxylation sites is 1. The highest BCUT2D eigenvalue weighted by atomic mass is 16.6. The number of benzene rings is 1. The maximum atomic E-state index is 5.42. The van der Waals surface area contributed by atoms with Crippen molar-refractivity contribution >= 4 is 0 Å². The van der Waals surface area contributed by atoms with Crippen LogP contribution in [-0.2, 0) is 4.84 Å². The van der Waals surface area contributed by atoms with Crippen LogP contribution in [0.4, 0.5) is 0 Å². The highest BCUT2D eigenvalue weighted by Gasteiger charge is 2.09. The van der Waals surface area contributed by atoms with Crippen LogP contribution in [0.15, 0.2) is 24.3 Å². The minimum Gasteiger partial charge on any atom is -0.493 e. The van der Waals surface area contributed by atoms with Gasteiger partial charge in [-0.15, -0.1) is 0 Å². The van der Waals surface area contributed by atoms with E-state index in [1.807, 2.05) is 38.1 Å². The number of ether oxygens (including phenoxy) is 1. The Kier molecular flexibility index (Phi) is 3.73. The van der Waals surface area contributed by atoms with Gasteiger partial charge in [0.05, 0.1) is 6.61 Å². The van der Waals surface area contributed by atoms with E-state index in [2.05, 4.69) is 0 Å². The molecule has 1 atom stereocenters. The number of nitrogens with two attached hydrogens (primary N) is 1. The topological polar surface area (TPSA) is 44.5 Å². The Morgan fingerprint density at radius 1 is 1.38 bits per heavy atom. The van der Waals surface area contributed by atoms with Crippen molar-refractivity contribution in [3.63, 3.8) is 0 Å². The first-order valence-electron chi connectivity index (χ1n) is 4.36. The molecule has 0 radical (unpaired) electrons. The van der Waals surface area contributed by atoms with Gasteiger partial charge in [-0.1, -0.05) is 18.2 Å². The third-order valence-corrected chi connectivity index (χ3v) is 1.86. The van der Waals surface area contributed by atoms with E-state index >= 15 is 0 Å². The maximum Gasteiger partial charge on any atom is 0.125 e. The first kappa shape index (κ1) is 10.0. The SMILES string of the molecule is CCOc1ccccc1C(C)ON. The maximum absolute atomic E-state index is 5.42. The zero-order valence-corrected chi connectivity index (χ0v) is 7.99. The van der Waals surface area contributed by atoms with Crippen LogP contribution in [0, 0.1) is 0 Å². The molecule has 0 fully saturated rings. The van der Waals surface area contributed by atoms with E-state index in [0.717, 1.165) is 11.3 Å². The smallest absolute Gasteiger partial charge is 0.125 e. The van der Waals surface area contributed by atoms with E-state index in [-0.39, 0.29) is 6.10 Å². The second-order valence-corrected chi connectivity index (χ2v) is 2.75. The zero-order valence-electron chi connectivity index (χ0n) is 7.99. The molecule has 0 heterocycles. The van der Waals surface area contributed by atoms with Gasteiger partial charge in [-0.2, -0.15) is 0 Å². The average molecular weight is 181 g/mol. The largest absolute Gasteiger partial charge is 0.493 e. The van der Waals surface area contributed by atoms with Crippen molar-refractivity contribution in [2.45, 2.75) is 20.0 Å². The number of hydrogen-bond acceptors (Lipinski definition) is 3. The molecular weight excluding hydrogens is 166 g/mol. The van der Waals surface area contributed by atoms with Crippen molar-refractivity contribution in [3.8, 4) is 5.75 Å². The normalized spacial score (nSPS) is 12.5. The predicted molar refractivity (Wildman–Crippen MR) is 51.3 cm³/mol. The first-order chi connectivity index (χ1) is 6.29. The van der Waals surface area contributed by atoms with Crippen LogP contribution in [0.2, 0.25) is 0 Å². The summed E-state index contributed by atoms with van der Waals surface area (Å²) >= 11 is 0. The van der Waals surface area contributed by atoms with Crippen molar-refractivity contribution in [2.24, 2.45) is 5.90 Å². The van der Waals surface area contributed by atoms with E-state index in [9.17, 15) is 0 Å². The van der Waals surface area contributed by atoms with Gasteiger partial charge in [0.2, 0.25) is 0 Å².